The molecule has 0 radical (unpaired) electrons. The zero-order valence-electron chi connectivity index (χ0n) is 19.6. The third-order valence-corrected chi connectivity index (χ3v) is 5.78. The normalized spacial score (nSPS) is 11.4. The predicted molar refractivity (Wildman–Crippen MR) is 129 cm³/mol. The van der Waals surface area contributed by atoms with E-state index < -0.39 is 23.1 Å². The Bertz CT molecular complexity index is 1670. The van der Waals surface area contributed by atoms with E-state index in [0.717, 1.165) is 24.1 Å². The fraction of sp³-hybridized carbons (Fsp3) is 0.240. The van der Waals surface area contributed by atoms with E-state index in [1.807, 2.05) is 26.0 Å². The fourth-order valence-corrected chi connectivity index (χ4v) is 4.14. The summed E-state index contributed by atoms with van der Waals surface area (Å²) < 4.78 is 35.4. The van der Waals surface area contributed by atoms with Gasteiger partial charge in [0.1, 0.15) is 35.8 Å². The molecule has 0 spiro atoms. The molecule has 1 amide bonds. The lowest BCUT2D eigenvalue weighted by atomic mass is 10.1. The lowest BCUT2D eigenvalue weighted by molar-refractivity contribution is -0.116. The van der Waals surface area contributed by atoms with Crippen molar-refractivity contribution in [2.45, 2.75) is 39.8 Å². The maximum absolute atomic E-state index is 14.1. The minimum atomic E-state index is -0.896. The standard InChI is InChI=1S/C25H22F2N6O3/c1-3-4-20-30-22(36-31-20)12-32-13-28-23-16-9-14(2)5-8-19(16)33(24(23)25(32)35)11-21(34)29-18-7-6-15(26)10-17(18)27/h5-10,13H,3-4,11-12H2,1-2H3,(H,29,34). The molecule has 0 saturated carbocycles. The monoisotopic (exact) mass is 492 g/mol. The summed E-state index contributed by atoms with van der Waals surface area (Å²) in [7, 11) is 0. The van der Waals surface area contributed by atoms with Gasteiger partial charge in [-0.2, -0.15) is 4.98 Å². The van der Waals surface area contributed by atoms with Crippen LogP contribution in [0.1, 0.15) is 30.6 Å². The number of nitrogens with one attached hydrogen (secondary N) is 1. The van der Waals surface area contributed by atoms with E-state index >= 15 is 0 Å². The molecule has 0 saturated heterocycles. The SMILES string of the molecule is CCCc1noc(Cn2cnc3c4cc(C)ccc4n(CC(=O)Nc4ccc(F)cc4F)c3c2=O)n1. The van der Waals surface area contributed by atoms with Gasteiger partial charge < -0.3 is 14.4 Å². The van der Waals surface area contributed by atoms with E-state index in [1.165, 1.54) is 10.9 Å². The Kier molecular flexibility index (Phi) is 6.05. The number of halogens is 2. The number of nitrogens with zero attached hydrogens (tertiary/aromatic N) is 5. The van der Waals surface area contributed by atoms with Crippen molar-refractivity contribution < 1.29 is 18.1 Å². The molecule has 0 aliphatic heterocycles. The second-order valence-electron chi connectivity index (χ2n) is 8.51. The molecule has 1 N–H and O–H groups in total. The molecule has 0 unspecified atom stereocenters. The molecule has 9 nitrogen and oxygen atoms in total. The van der Waals surface area contributed by atoms with Gasteiger partial charge in [0, 0.05) is 17.9 Å². The molecule has 0 fully saturated rings. The third-order valence-electron chi connectivity index (χ3n) is 5.78. The highest BCUT2D eigenvalue weighted by molar-refractivity contribution is 6.06. The van der Waals surface area contributed by atoms with E-state index in [0.29, 0.717) is 34.7 Å². The number of anilines is 1. The number of benzene rings is 2. The Balaban J connectivity index is 1.56. The van der Waals surface area contributed by atoms with Crippen molar-refractivity contribution in [2.75, 3.05) is 5.32 Å². The van der Waals surface area contributed by atoms with Gasteiger partial charge in [-0.15, -0.1) is 0 Å². The van der Waals surface area contributed by atoms with Crippen molar-refractivity contribution in [3.8, 4) is 0 Å². The molecule has 36 heavy (non-hydrogen) atoms. The van der Waals surface area contributed by atoms with Gasteiger partial charge in [0.25, 0.3) is 5.56 Å². The van der Waals surface area contributed by atoms with Crippen LogP contribution in [-0.4, -0.2) is 30.2 Å². The highest BCUT2D eigenvalue weighted by atomic mass is 19.1. The molecule has 11 heteroatoms. The Hall–Kier alpha value is -4.41. The van der Waals surface area contributed by atoms with Crippen LogP contribution < -0.4 is 10.9 Å². The number of hydrogen-bond donors (Lipinski definition) is 1. The average Bonchev–Trinajstić information content (AvgIpc) is 3.40. The molecule has 3 aromatic heterocycles. The Morgan fingerprint density at radius 1 is 1.17 bits per heavy atom. The molecule has 3 heterocycles. The van der Waals surface area contributed by atoms with Gasteiger partial charge in [-0.25, -0.2) is 13.8 Å². The van der Waals surface area contributed by atoms with E-state index in [1.54, 1.807) is 10.6 Å². The molecule has 2 aromatic carbocycles. The minimum absolute atomic E-state index is 0.0199. The zero-order chi connectivity index (χ0) is 25.4. The Morgan fingerprint density at radius 3 is 2.78 bits per heavy atom. The smallest absolute Gasteiger partial charge is 0.278 e. The van der Waals surface area contributed by atoms with Crippen molar-refractivity contribution in [2.24, 2.45) is 0 Å². The zero-order valence-corrected chi connectivity index (χ0v) is 19.6. The minimum Gasteiger partial charge on any atom is -0.337 e. The first kappa shape index (κ1) is 23.3. The largest absolute Gasteiger partial charge is 0.337 e. The summed E-state index contributed by atoms with van der Waals surface area (Å²) in [6, 6.07) is 8.43. The highest BCUT2D eigenvalue weighted by Crippen LogP contribution is 2.27. The first-order valence-corrected chi connectivity index (χ1v) is 11.4. The first-order chi connectivity index (χ1) is 17.3. The molecular weight excluding hydrogens is 470 g/mol. The molecule has 184 valence electrons. The average molecular weight is 492 g/mol. The van der Waals surface area contributed by atoms with Crippen molar-refractivity contribution in [1.82, 2.24) is 24.3 Å². The van der Waals surface area contributed by atoms with Gasteiger partial charge in [0.15, 0.2) is 5.82 Å². The van der Waals surface area contributed by atoms with Crippen molar-refractivity contribution in [3.05, 3.63) is 82.0 Å². The Morgan fingerprint density at radius 2 is 2.00 bits per heavy atom. The van der Waals surface area contributed by atoms with Crippen LogP contribution in [0, 0.1) is 18.6 Å². The van der Waals surface area contributed by atoms with Gasteiger partial charge in [0.05, 0.1) is 17.5 Å². The van der Waals surface area contributed by atoms with Crippen LogP contribution in [0.2, 0.25) is 0 Å². The predicted octanol–water partition coefficient (Wildman–Crippen LogP) is 3.96. The summed E-state index contributed by atoms with van der Waals surface area (Å²) in [6.07, 6.45) is 2.93. The highest BCUT2D eigenvalue weighted by Gasteiger charge is 2.20. The Labute approximate surface area is 203 Å². The molecule has 5 rings (SSSR count). The molecule has 0 aliphatic carbocycles. The summed E-state index contributed by atoms with van der Waals surface area (Å²) in [6.45, 7) is 3.64. The number of carbonyl (C=O) groups excluding carboxylic acids is 1. The van der Waals surface area contributed by atoms with Gasteiger partial charge in [-0.1, -0.05) is 23.7 Å². The van der Waals surface area contributed by atoms with Crippen LogP contribution in [0.15, 0.2) is 52.0 Å². The first-order valence-electron chi connectivity index (χ1n) is 11.4. The third kappa shape index (κ3) is 4.35. The van der Waals surface area contributed by atoms with Crippen LogP contribution in [0.4, 0.5) is 14.5 Å². The van der Waals surface area contributed by atoms with Crippen LogP contribution in [0.5, 0.6) is 0 Å². The van der Waals surface area contributed by atoms with Crippen molar-refractivity contribution >= 4 is 33.5 Å². The van der Waals surface area contributed by atoms with Gasteiger partial charge in [-0.05, 0) is 37.6 Å². The molecule has 5 aromatic rings. The van der Waals surface area contributed by atoms with E-state index in [-0.39, 0.29) is 30.2 Å². The van der Waals surface area contributed by atoms with Gasteiger partial charge in [0.2, 0.25) is 11.8 Å². The fourth-order valence-electron chi connectivity index (χ4n) is 4.14. The number of amides is 1. The van der Waals surface area contributed by atoms with Crippen LogP contribution in [-0.2, 0) is 24.3 Å². The second kappa shape index (κ2) is 9.33. The number of fused-ring (bicyclic) bond motifs is 3. The van der Waals surface area contributed by atoms with Crippen molar-refractivity contribution in [3.63, 3.8) is 0 Å². The summed E-state index contributed by atoms with van der Waals surface area (Å²) in [5.74, 6) is -1.41. The van der Waals surface area contributed by atoms with Crippen molar-refractivity contribution in [1.29, 1.82) is 0 Å². The topological polar surface area (TPSA) is 108 Å². The lowest BCUT2D eigenvalue weighted by Gasteiger charge is -2.10. The summed E-state index contributed by atoms with van der Waals surface area (Å²) in [5, 5.41) is 7.06. The number of aryl methyl sites for hydroxylation is 2. The number of aromatic nitrogens is 5. The van der Waals surface area contributed by atoms with Gasteiger partial charge in [-0.3, -0.25) is 14.2 Å². The van der Waals surface area contributed by atoms with Crippen LogP contribution in [0.3, 0.4) is 0 Å². The van der Waals surface area contributed by atoms with E-state index in [9.17, 15) is 18.4 Å². The summed E-state index contributed by atoms with van der Waals surface area (Å²) in [4.78, 5) is 35.2. The maximum atomic E-state index is 14.1. The number of carbonyl (C=O) groups is 1. The summed E-state index contributed by atoms with van der Waals surface area (Å²) in [5.41, 5.74) is 1.67. The quantitative estimate of drug-likeness (QED) is 0.369. The number of rotatable bonds is 7. The van der Waals surface area contributed by atoms with E-state index in [2.05, 4.69) is 20.4 Å². The van der Waals surface area contributed by atoms with Gasteiger partial charge >= 0.3 is 0 Å². The van der Waals surface area contributed by atoms with Crippen LogP contribution in [0.25, 0.3) is 21.9 Å². The molecular formula is C25H22F2N6O3. The van der Waals surface area contributed by atoms with E-state index in [4.69, 9.17) is 4.52 Å². The molecule has 0 atom stereocenters. The molecule has 0 bridgehead atoms. The van der Waals surface area contributed by atoms with Crippen LogP contribution >= 0.6 is 0 Å². The molecule has 0 aliphatic rings. The second-order valence-corrected chi connectivity index (χ2v) is 8.51. The number of hydrogen-bond acceptors (Lipinski definition) is 6. The maximum Gasteiger partial charge on any atom is 0.278 e. The summed E-state index contributed by atoms with van der Waals surface area (Å²) >= 11 is 0. The lowest BCUT2D eigenvalue weighted by Crippen LogP contribution is -2.25.